The Morgan fingerprint density at radius 3 is 3.00 bits per heavy atom. The summed E-state index contributed by atoms with van der Waals surface area (Å²) in [7, 11) is 0. The van der Waals surface area contributed by atoms with Crippen molar-refractivity contribution in [3.8, 4) is 0 Å². The van der Waals surface area contributed by atoms with Gasteiger partial charge in [0.2, 0.25) is 0 Å². The quantitative estimate of drug-likeness (QED) is 0.785. The molecule has 1 heterocycles. The van der Waals surface area contributed by atoms with Crippen molar-refractivity contribution in [3.05, 3.63) is 29.8 Å². The Hall–Kier alpha value is -2.10. The van der Waals surface area contributed by atoms with Crippen molar-refractivity contribution in [1.29, 1.82) is 0 Å². The zero-order chi connectivity index (χ0) is 11.8. The fourth-order valence-corrected chi connectivity index (χ4v) is 2.37. The Kier molecular flexibility index (Phi) is 2.21. The number of benzene rings is 1. The summed E-state index contributed by atoms with van der Waals surface area (Å²) in [5, 5.41) is 7.83. The van der Waals surface area contributed by atoms with Gasteiger partial charge in [-0.15, -0.1) is 0 Å². The van der Waals surface area contributed by atoms with E-state index in [9.17, 15) is 4.79 Å². The van der Waals surface area contributed by atoms with Gasteiger partial charge in [0.1, 0.15) is 0 Å². The van der Waals surface area contributed by atoms with Crippen LogP contribution in [0.1, 0.15) is 24.8 Å². The maximum Gasteiger partial charge on any atom is 0.155 e. The number of hydrogen-bond donors (Lipinski definition) is 2. The molecule has 0 bridgehead atoms. The Morgan fingerprint density at radius 2 is 2.18 bits per heavy atom. The normalized spacial score (nSPS) is 16.2. The summed E-state index contributed by atoms with van der Waals surface area (Å²) in [6.45, 7) is 0. The summed E-state index contributed by atoms with van der Waals surface area (Å²) in [6, 6.07) is 5.89. The molecule has 86 valence electrons. The van der Waals surface area contributed by atoms with E-state index in [1.165, 1.54) is 0 Å². The van der Waals surface area contributed by atoms with Crippen LogP contribution in [0.4, 0.5) is 5.82 Å². The standard InChI is InChI=1S/C13H13N3O/c14-13-12-10(5-2-6-11(12)15-16-13)8-3-1-4-9(17)7-8/h2,5-7H,1,3-4H2,(H3,14,15,16). The molecule has 1 aromatic carbocycles. The second kappa shape index (κ2) is 3.73. The second-order valence-corrected chi connectivity index (χ2v) is 4.33. The second-order valence-electron chi connectivity index (χ2n) is 4.33. The van der Waals surface area contributed by atoms with E-state index in [4.69, 9.17) is 5.73 Å². The Morgan fingerprint density at radius 1 is 1.29 bits per heavy atom. The van der Waals surface area contributed by atoms with Gasteiger partial charge in [-0.1, -0.05) is 12.1 Å². The fourth-order valence-electron chi connectivity index (χ4n) is 2.37. The van der Waals surface area contributed by atoms with Gasteiger partial charge in [-0.25, -0.2) is 0 Å². The number of allylic oxidation sites excluding steroid dienone is 2. The SMILES string of the molecule is Nc1n[nH]c2cccc(C3=CC(=O)CCC3)c12. The lowest BCUT2D eigenvalue weighted by Crippen LogP contribution is -2.02. The maximum atomic E-state index is 11.5. The van der Waals surface area contributed by atoms with E-state index in [1.54, 1.807) is 6.08 Å². The van der Waals surface area contributed by atoms with E-state index in [-0.39, 0.29) is 5.78 Å². The number of carbonyl (C=O) groups is 1. The third-order valence-electron chi connectivity index (χ3n) is 3.17. The number of fused-ring (bicyclic) bond motifs is 1. The highest BCUT2D eigenvalue weighted by atomic mass is 16.1. The van der Waals surface area contributed by atoms with Gasteiger partial charge in [0.15, 0.2) is 11.6 Å². The molecular weight excluding hydrogens is 214 g/mol. The van der Waals surface area contributed by atoms with E-state index in [2.05, 4.69) is 10.2 Å². The van der Waals surface area contributed by atoms with Crippen molar-refractivity contribution in [1.82, 2.24) is 10.2 Å². The van der Waals surface area contributed by atoms with Crippen LogP contribution < -0.4 is 5.73 Å². The highest BCUT2D eigenvalue weighted by Crippen LogP contribution is 2.32. The zero-order valence-electron chi connectivity index (χ0n) is 9.36. The van der Waals surface area contributed by atoms with Gasteiger partial charge in [0.05, 0.1) is 10.9 Å². The number of hydrogen-bond acceptors (Lipinski definition) is 3. The number of rotatable bonds is 1. The predicted octanol–water partition coefficient (Wildman–Crippen LogP) is 2.28. The van der Waals surface area contributed by atoms with Crippen LogP contribution in [0, 0.1) is 0 Å². The predicted molar refractivity (Wildman–Crippen MR) is 67.3 cm³/mol. The number of aromatic amines is 1. The van der Waals surface area contributed by atoms with Crippen LogP contribution in [0.2, 0.25) is 0 Å². The van der Waals surface area contributed by atoms with Crippen molar-refractivity contribution in [2.45, 2.75) is 19.3 Å². The van der Waals surface area contributed by atoms with Crippen molar-refractivity contribution >= 4 is 28.1 Å². The van der Waals surface area contributed by atoms with Crippen molar-refractivity contribution in [2.24, 2.45) is 0 Å². The first-order chi connectivity index (χ1) is 8.25. The lowest BCUT2D eigenvalue weighted by atomic mass is 9.91. The van der Waals surface area contributed by atoms with Crippen LogP contribution in [0.5, 0.6) is 0 Å². The van der Waals surface area contributed by atoms with E-state index in [1.807, 2.05) is 18.2 Å². The molecule has 1 aromatic heterocycles. The van der Waals surface area contributed by atoms with E-state index < -0.39 is 0 Å². The molecule has 0 unspecified atom stereocenters. The first-order valence-corrected chi connectivity index (χ1v) is 5.72. The summed E-state index contributed by atoms with van der Waals surface area (Å²) in [5.41, 5.74) is 8.88. The molecule has 0 radical (unpaired) electrons. The van der Waals surface area contributed by atoms with Crippen LogP contribution >= 0.6 is 0 Å². The highest BCUT2D eigenvalue weighted by molar-refractivity contribution is 6.04. The van der Waals surface area contributed by atoms with Crippen LogP contribution in [0.15, 0.2) is 24.3 Å². The summed E-state index contributed by atoms with van der Waals surface area (Å²) in [6.07, 6.45) is 4.24. The van der Waals surface area contributed by atoms with E-state index in [0.29, 0.717) is 12.2 Å². The largest absolute Gasteiger partial charge is 0.382 e. The smallest absolute Gasteiger partial charge is 0.155 e. The van der Waals surface area contributed by atoms with Crippen LogP contribution in [0.25, 0.3) is 16.5 Å². The number of aromatic nitrogens is 2. The molecule has 0 spiro atoms. The molecule has 0 atom stereocenters. The van der Waals surface area contributed by atoms with E-state index >= 15 is 0 Å². The minimum atomic E-state index is 0.199. The Bertz CT molecular complexity index is 625. The molecule has 0 saturated carbocycles. The van der Waals surface area contributed by atoms with Crippen LogP contribution in [-0.2, 0) is 4.79 Å². The molecule has 3 rings (SSSR count). The average Bonchev–Trinajstić information content (AvgIpc) is 2.71. The van der Waals surface area contributed by atoms with Crippen molar-refractivity contribution in [3.63, 3.8) is 0 Å². The van der Waals surface area contributed by atoms with Gasteiger partial charge in [0, 0.05) is 6.42 Å². The lowest BCUT2D eigenvalue weighted by Gasteiger charge is -2.13. The molecule has 1 aliphatic rings. The molecule has 1 aliphatic carbocycles. The molecule has 17 heavy (non-hydrogen) atoms. The minimum absolute atomic E-state index is 0.199. The van der Waals surface area contributed by atoms with Crippen molar-refractivity contribution < 1.29 is 4.79 Å². The summed E-state index contributed by atoms with van der Waals surface area (Å²) in [4.78, 5) is 11.5. The molecule has 0 saturated heterocycles. The highest BCUT2D eigenvalue weighted by Gasteiger charge is 2.15. The molecule has 4 nitrogen and oxygen atoms in total. The van der Waals surface area contributed by atoms with Crippen LogP contribution in [-0.4, -0.2) is 16.0 Å². The molecule has 0 fully saturated rings. The summed E-state index contributed by atoms with van der Waals surface area (Å²) >= 11 is 0. The van der Waals surface area contributed by atoms with Gasteiger partial charge >= 0.3 is 0 Å². The fraction of sp³-hybridized carbons (Fsp3) is 0.231. The number of H-pyrrole nitrogens is 1. The third kappa shape index (κ3) is 1.62. The Labute approximate surface area is 98.5 Å². The topological polar surface area (TPSA) is 71.8 Å². The number of nitrogens with two attached hydrogens (primary N) is 1. The van der Waals surface area contributed by atoms with Gasteiger partial charge in [-0.3, -0.25) is 9.89 Å². The number of anilines is 1. The molecule has 0 aliphatic heterocycles. The molecular formula is C13H13N3O. The third-order valence-corrected chi connectivity index (χ3v) is 3.17. The minimum Gasteiger partial charge on any atom is -0.382 e. The monoisotopic (exact) mass is 227 g/mol. The summed E-state index contributed by atoms with van der Waals surface area (Å²) in [5.74, 6) is 0.694. The van der Waals surface area contributed by atoms with Gasteiger partial charge in [0.25, 0.3) is 0 Å². The number of ketones is 1. The van der Waals surface area contributed by atoms with Gasteiger partial charge in [-0.2, -0.15) is 5.10 Å². The van der Waals surface area contributed by atoms with Crippen molar-refractivity contribution in [2.75, 3.05) is 5.73 Å². The first-order valence-electron chi connectivity index (χ1n) is 5.72. The first kappa shape index (κ1) is 10.1. The Balaban J connectivity index is 2.23. The maximum absolute atomic E-state index is 11.5. The van der Waals surface area contributed by atoms with Crippen LogP contribution in [0.3, 0.4) is 0 Å². The van der Waals surface area contributed by atoms with Gasteiger partial charge in [-0.05, 0) is 36.1 Å². The number of nitrogen functional groups attached to an aromatic ring is 1. The molecule has 0 amide bonds. The molecule has 4 heteroatoms. The van der Waals surface area contributed by atoms with E-state index in [0.717, 1.165) is 34.9 Å². The average molecular weight is 227 g/mol. The molecule has 2 aromatic rings. The van der Waals surface area contributed by atoms with Gasteiger partial charge < -0.3 is 5.73 Å². The molecule has 3 N–H and O–H groups in total. The number of carbonyl (C=O) groups excluding carboxylic acids is 1. The number of nitrogens with zero attached hydrogens (tertiary/aromatic N) is 1. The lowest BCUT2D eigenvalue weighted by molar-refractivity contribution is -0.114. The number of nitrogens with one attached hydrogen (secondary N) is 1. The summed E-state index contributed by atoms with van der Waals surface area (Å²) < 4.78 is 0. The zero-order valence-corrected chi connectivity index (χ0v) is 9.36.